The summed E-state index contributed by atoms with van der Waals surface area (Å²) in [6.45, 7) is 0. The Kier molecular flexibility index (Phi) is 2.77. The Bertz CT molecular complexity index is 313. The van der Waals surface area contributed by atoms with Crippen LogP contribution >= 0.6 is 23.7 Å². The van der Waals surface area contributed by atoms with E-state index in [1.807, 2.05) is 0 Å². The van der Waals surface area contributed by atoms with Crippen LogP contribution in [0.4, 0.5) is 13.9 Å². The summed E-state index contributed by atoms with van der Waals surface area (Å²) in [6, 6.07) is 0. The van der Waals surface area contributed by atoms with Crippen LogP contribution in [0.3, 0.4) is 0 Å². The third-order valence-electron chi connectivity index (χ3n) is 1.95. The highest BCUT2D eigenvalue weighted by Crippen LogP contribution is 2.43. The van der Waals surface area contributed by atoms with Gasteiger partial charge in [-0.3, -0.25) is 0 Å². The SMILES string of the molecule is Cl.Nc1nc2c(s1)C(F)(F)CCC2. The molecule has 1 aliphatic rings. The molecule has 0 saturated heterocycles. The first-order chi connectivity index (χ1) is 5.59. The molecule has 2 rings (SSSR count). The first kappa shape index (κ1) is 10.7. The van der Waals surface area contributed by atoms with Crippen molar-refractivity contribution in [2.24, 2.45) is 0 Å². The van der Waals surface area contributed by atoms with Gasteiger partial charge in [0, 0.05) is 6.42 Å². The van der Waals surface area contributed by atoms with Crippen LogP contribution in [0.25, 0.3) is 0 Å². The lowest BCUT2D eigenvalue weighted by molar-refractivity contribution is -0.0180. The summed E-state index contributed by atoms with van der Waals surface area (Å²) in [5.74, 6) is -2.69. The number of alkyl halides is 2. The van der Waals surface area contributed by atoms with Gasteiger partial charge in [0.1, 0.15) is 0 Å². The lowest BCUT2D eigenvalue weighted by Crippen LogP contribution is -2.18. The van der Waals surface area contributed by atoms with Crippen LogP contribution in [-0.2, 0) is 12.3 Å². The molecule has 2 nitrogen and oxygen atoms in total. The number of hydrogen-bond acceptors (Lipinski definition) is 3. The molecule has 0 aromatic carbocycles. The number of nitrogen functional groups attached to an aromatic ring is 1. The number of thiazole rings is 1. The molecule has 0 amide bonds. The van der Waals surface area contributed by atoms with Crippen LogP contribution in [0.2, 0.25) is 0 Å². The summed E-state index contributed by atoms with van der Waals surface area (Å²) in [6.07, 6.45) is 1.07. The van der Waals surface area contributed by atoms with Gasteiger partial charge < -0.3 is 5.73 Å². The quantitative estimate of drug-likeness (QED) is 0.739. The molecular formula is C7H9ClF2N2S. The number of aromatic nitrogens is 1. The van der Waals surface area contributed by atoms with E-state index in [1.165, 1.54) is 0 Å². The molecule has 1 aromatic heterocycles. The number of nitrogens with two attached hydrogens (primary N) is 1. The second-order valence-electron chi connectivity index (χ2n) is 2.89. The smallest absolute Gasteiger partial charge is 0.284 e. The average Bonchev–Trinajstić information content (AvgIpc) is 2.30. The van der Waals surface area contributed by atoms with Gasteiger partial charge in [-0.1, -0.05) is 11.3 Å². The molecule has 74 valence electrons. The van der Waals surface area contributed by atoms with Crippen molar-refractivity contribution in [1.29, 1.82) is 0 Å². The van der Waals surface area contributed by atoms with Crippen LogP contribution in [0.5, 0.6) is 0 Å². The molecule has 0 spiro atoms. The Morgan fingerprint density at radius 1 is 1.46 bits per heavy atom. The lowest BCUT2D eigenvalue weighted by atomic mass is 10.00. The van der Waals surface area contributed by atoms with Crippen molar-refractivity contribution in [3.63, 3.8) is 0 Å². The third kappa shape index (κ3) is 1.76. The lowest BCUT2D eigenvalue weighted by Gasteiger charge is -2.19. The van der Waals surface area contributed by atoms with E-state index in [0.29, 0.717) is 18.5 Å². The summed E-state index contributed by atoms with van der Waals surface area (Å²) in [7, 11) is 0. The minimum Gasteiger partial charge on any atom is -0.375 e. The molecule has 13 heavy (non-hydrogen) atoms. The molecule has 1 aliphatic carbocycles. The van der Waals surface area contributed by atoms with Crippen molar-refractivity contribution in [3.8, 4) is 0 Å². The van der Waals surface area contributed by atoms with Crippen molar-refractivity contribution in [3.05, 3.63) is 10.6 Å². The Morgan fingerprint density at radius 3 is 2.77 bits per heavy atom. The fraction of sp³-hybridized carbons (Fsp3) is 0.571. The van der Waals surface area contributed by atoms with Gasteiger partial charge in [-0.25, -0.2) is 13.8 Å². The van der Waals surface area contributed by atoms with Gasteiger partial charge in [-0.2, -0.15) is 0 Å². The average molecular weight is 227 g/mol. The molecule has 0 bridgehead atoms. The highest BCUT2D eigenvalue weighted by atomic mass is 35.5. The van der Waals surface area contributed by atoms with E-state index in [2.05, 4.69) is 4.98 Å². The summed E-state index contributed by atoms with van der Waals surface area (Å²) in [5.41, 5.74) is 5.85. The van der Waals surface area contributed by atoms with Gasteiger partial charge in [-0.15, -0.1) is 12.4 Å². The molecular weight excluding hydrogens is 218 g/mol. The molecule has 0 unspecified atom stereocenters. The number of rotatable bonds is 0. The number of halogens is 3. The highest BCUT2D eigenvalue weighted by Gasteiger charge is 2.39. The summed E-state index contributed by atoms with van der Waals surface area (Å²) >= 11 is 0.914. The third-order valence-corrected chi connectivity index (χ3v) is 2.99. The van der Waals surface area contributed by atoms with Crippen LogP contribution in [0.1, 0.15) is 23.4 Å². The van der Waals surface area contributed by atoms with E-state index < -0.39 is 5.92 Å². The molecule has 0 aliphatic heterocycles. The first-order valence-corrected chi connectivity index (χ1v) is 4.55. The first-order valence-electron chi connectivity index (χ1n) is 3.73. The predicted molar refractivity (Wildman–Crippen MR) is 50.6 cm³/mol. The second kappa shape index (κ2) is 3.38. The Labute approximate surface area is 84.6 Å². The minimum atomic E-state index is -2.69. The zero-order valence-corrected chi connectivity index (χ0v) is 8.35. The summed E-state index contributed by atoms with van der Waals surface area (Å²) in [5, 5.41) is 0.251. The van der Waals surface area contributed by atoms with Crippen LogP contribution in [0, 0.1) is 0 Å². The topological polar surface area (TPSA) is 38.9 Å². The van der Waals surface area contributed by atoms with E-state index in [-0.39, 0.29) is 28.8 Å². The van der Waals surface area contributed by atoms with Gasteiger partial charge in [-0.05, 0) is 12.8 Å². The largest absolute Gasteiger partial charge is 0.375 e. The molecule has 0 radical (unpaired) electrons. The Morgan fingerprint density at radius 2 is 2.15 bits per heavy atom. The normalized spacial score (nSPS) is 18.9. The zero-order valence-electron chi connectivity index (χ0n) is 6.72. The van der Waals surface area contributed by atoms with E-state index in [4.69, 9.17) is 5.73 Å². The molecule has 1 heterocycles. The Hall–Kier alpha value is -0.420. The molecule has 0 atom stereocenters. The molecule has 2 N–H and O–H groups in total. The van der Waals surface area contributed by atoms with Crippen molar-refractivity contribution >= 4 is 28.9 Å². The number of nitrogens with zero attached hydrogens (tertiary/aromatic N) is 1. The van der Waals surface area contributed by atoms with Crippen LogP contribution < -0.4 is 5.73 Å². The summed E-state index contributed by atoms with van der Waals surface area (Å²) in [4.78, 5) is 3.94. The predicted octanol–water partition coefficient (Wildman–Crippen LogP) is 2.58. The van der Waals surface area contributed by atoms with E-state index >= 15 is 0 Å². The summed E-state index contributed by atoms with van der Waals surface area (Å²) < 4.78 is 26.3. The molecule has 0 saturated carbocycles. The minimum absolute atomic E-state index is 0. The van der Waals surface area contributed by atoms with E-state index in [0.717, 1.165) is 11.3 Å². The van der Waals surface area contributed by atoms with Crippen molar-refractivity contribution < 1.29 is 8.78 Å². The van der Waals surface area contributed by atoms with Crippen molar-refractivity contribution in [2.75, 3.05) is 5.73 Å². The van der Waals surface area contributed by atoms with Gasteiger partial charge in [0.15, 0.2) is 5.13 Å². The van der Waals surface area contributed by atoms with E-state index in [1.54, 1.807) is 0 Å². The van der Waals surface area contributed by atoms with E-state index in [9.17, 15) is 8.78 Å². The maximum absolute atomic E-state index is 13.1. The molecule has 6 heteroatoms. The van der Waals surface area contributed by atoms with Crippen molar-refractivity contribution in [1.82, 2.24) is 4.98 Å². The number of hydrogen-bond donors (Lipinski definition) is 1. The van der Waals surface area contributed by atoms with Gasteiger partial charge in [0.2, 0.25) is 0 Å². The van der Waals surface area contributed by atoms with Crippen molar-refractivity contribution in [2.45, 2.75) is 25.2 Å². The maximum Gasteiger partial charge on any atom is 0.284 e. The fourth-order valence-corrected chi connectivity index (χ4v) is 2.30. The van der Waals surface area contributed by atoms with Crippen LogP contribution in [-0.4, -0.2) is 4.98 Å². The number of anilines is 1. The monoisotopic (exact) mass is 226 g/mol. The zero-order chi connectivity index (χ0) is 8.77. The van der Waals surface area contributed by atoms with Gasteiger partial charge >= 0.3 is 0 Å². The van der Waals surface area contributed by atoms with Crippen LogP contribution in [0.15, 0.2) is 0 Å². The second-order valence-corrected chi connectivity index (χ2v) is 3.92. The Balaban J connectivity index is 0.000000845. The fourth-order valence-electron chi connectivity index (χ4n) is 1.42. The standard InChI is InChI=1S/C7H8F2N2S.ClH/c8-7(9)3-1-2-4-5(7)12-6(10)11-4;/h1-3H2,(H2,10,11);1H. The molecule has 0 fully saturated rings. The van der Waals surface area contributed by atoms with Gasteiger partial charge in [0.25, 0.3) is 5.92 Å². The highest BCUT2D eigenvalue weighted by molar-refractivity contribution is 7.15. The maximum atomic E-state index is 13.1. The van der Waals surface area contributed by atoms with Gasteiger partial charge in [0.05, 0.1) is 10.6 Å². The number of aryl methyl sites for hydroxylation is 1. The number of fused-ring (bicyclic) bond motifs is 1. The molecule has 1 aromatic rings.